The van der Waals surface area contributed by atoms with Gasteiger partial charge in [-0.15, -0.1) is 0 Å². The highest BCUT2D eigenvalue weighted by Crippen LogP contribution is 2.27. The Bertz CT molecular complexity index is 900. The molecule has 0 fully saturated rings. The Morgan fingerprint density at radius 1 is 0.958 bits per heavy atom. The molecule has 2 rings (SSSR count). The maximum absolute atomic E-state index is 11.9. The van der Waals surface area contributed by atoms with Gasteiger partial charge in [-0.05, 0) is 43.5 Å². The molecular weight excluding hydrogens is 336 g/mol. The van der Waals surface area contributed by atoms with Gasteiger partial charge >= 0.3 is 11.9 Å². The standard InChI is InChI=1S/C16H16O7S/c1-3-22-15(17)11-6-5-10-7-12(16(18)23-4-2)9-14(13(10)8-11)24(19,20)21/h5-9H,3-4H2,1-2H3,(H,19,20,21). The average molecular weight is 352 g/mol. The molecule has 0 aliphatic rings. The molecule has 0 atom stereocenters. The molecule has 128 valence electrons. The first-order valence-corrected chi connectivity index (χ1v) is 8.61. The minimum absolute atomic E-state index is 0.0131. The molecule has 0 aliphatic heterocycles. The molecule has 2 aromatic rings. The van der Waals surface area contributed by atoms with Crippen molar-refractivity contribution in [3.8, 4) is 0 Å². The summed E-state index contributed by atoms with van der Waals surface area (Å²) in [6.07, 6.45) is 0. The van der Waals surface area contributed by atoms with Crippen LogP contribution in [0.5, 0.6) is 0 Å². The highest BCUT2D eigenvalue weighted by atomic mass is 32.2. The van der Waals surface area contributed by atoms with Gasteiger partial charge in [0.25, 0.3) is 10.1 Å². The third-order valence-corrected chi connectivity index (χ3v) is 4.11. The van der Waals surface area contributed by atoms with Crippen molar-refractivity contribution < 1.29 is 32.0 Å². The van der Waals surface area contributed by atoms with Crippen molar-refractivity contribution in [2.75, 3.05) is 13.2 Å². The van der Waals surface area contributed by atoms with E-state index in [2.05, 4.69) is 0 Å². The van der Waals surface area contributed by atoms with Crippen molar-refractivity contribution in [2.24, 2.45) is 0 Å². The molecular formula is C16H16O7S. The normalized spacial score (nSPS) is 11.3. The van der Waals surface area contributed by atoms with Gasteiger partial charge in [-0.3, -0.25) is 4.55 Å². The minimum Gasteiger partial charge on any atom is -0.462 e. The van der Waals surface area contributed by atoms with Crippen LogP contribution in [-0.2, 0) is 19.6 Å². The van der Waals surface area contributed by atoms with Crippen LogP contribution in [0, 0.1) is 0 Å². The lowest BCUT2D eigenvalue weighted by molar-refractivity contribution is 0.0516. The van der Waals surface area contributed by atoms with Gasteiger partial charge in [0.15, 0.2) is 0 Å². The fourth-order valence-corrected chi connectivity index (χ4v) is 2.94. The van der Waals surface area contributed by atoms with Crippen LogP contribution in [0.4, 0.5) is 0 Å². The SMILES string of the molecule is CCOC(=O)c1cc(S(=O)(=O)O)c2cc(C(=O)OCC)ccc2c1. The summed E-state index contributed by atoms with van der Waals surface area (Å²) in [7, 11) is -4.62. The lowest BCUT2D eigenvalue weighted by atomic mass is 10.0. The minimum atomic E-state index is -4.62. The van der Waals surface area contributed by atoms with Crippen LogP contribution in [-0.4, -0.2) is 38.1 Å². The van der Waals surface area contributed by atoms with E-state index in [4.69, 9.17) is 9.47 Å². The summed E-state index contributed by atoms with van der Waals surface area (Å²) in [5, 5.41) is 0.470. The summed E-state index contributed by atoms with van der Waals surface area (Å²) in [5.74, 6) is -1.33. The molecule has 8 heteroatoms. The molecule has 1 N–H and O–H groups in total. The van der Waals surface area contributed by atoms with Gasteiger partial charge < -0.3 is 9.47 Å². The molecule has 0 saturated carbocycles. The van der Waals surface area contributed by atoms with Crippen LogP contribution in [0.15, 0.2) is 35.2 Å². The Morgan fingerprint density at radius 2 is 1.54 bits per heavy atom. The molecule has 0 radical (unpaired) electrons. The second-order valence-corrected chi connectivity index (χ2v) is 6.22. The third-order valence-electron chi connectivity index (χ3n) is 3.22. The first kappa shape index (κ1) is 17.9. The number of ether oxygens (including phenoxy) is 2. The van der Waals surface area contributed by atoms with E-state index in [1.54, 1.807) is 13.8 Å². The Labute approximate surface area is 138 Å². The highest BCUT2D eigenvalue weighted by molar-refractivity contribution is 7.86. The average Bonchev–Trinajstić information content (AvgIpc) is 2.52. The Morgan fingerprint density at radius 3 is 2.08 bits per heavy atom. The topological polar surface area (TPSA) is 107 Å². The Hall–Kier alpha value is -2.45. The van der Waals surface area contributed by atoms with Crippen LogP contribution in [0.1, 0.15) is 34.6 Å². The quantitative estimate of drug-likeness (QED) is 0.650. The van der Waals surface area contributed by atoms with Crippen molar-refractivity contribution in [1.29, 1.82) is 0 Å². The van der Waals surface area contributed by atoms with Gasteiger partial charge in [-0.2, -0.15) is 8.42 Å². The number of carbonyl (C=O) groups is 2. The van der Waals surface area contributed by atoms with Crippen LogP contribution in [0.25, 0.3) is 10.8 Å². The van der Waals surface area contributed by atoms with Gasteiger partial charge in [-0.1, -0.05) is 6.07 Å². The molecule has 24 heavy (non-hydrogen) atoms. The first-order chi connectivity index (χ1) is 11.3. The van der Waals surface area contributed by atoms with E-state index in [1.807, 2.05) is 0 Å². The van der Waals surface area contributed by atoms with E-state index in [-0.39, 0.29) is 29.7 Å². The number of esters is 2. The number of carbonyl (C=O) groups excluding carboxylic acids is 2. The van der Waals surface area contributed by atoms with Gasteiger partial charge in [-0.25, -0.2) is 9.59 Å². The number of benzene rings is 2. The van der Waals surface area contributed by atoms with Crippen LogP contribution in [0.3, 0.4) is 0 Å². The zero-order valence-electron chi connectivity index (χ0n) is 13.1. The second kappa shape index (κ2) is 6.98. The van der Waals surface area contributed by atoms with Crippen LogP contribution >= 0.6 is 0 Å². The predicted octanol–water partition coefficient (Wildman–Crippen LogP) is 2.44. The second-order valence-electron chi connectivity index (χ2n) is 4.83. The van der Waals surface area contributed by atoms with Crippen molar-refractivity contribution in [3.05, 3.63) is 41.5 Å². The first-order valence-electron chi connectivity index (χ1n) is 7.17. The van der Waals surface area contributed by atoms with Crippen LogP contribution < -0.4 is 0 Å². The van der Waals surface area contributed by atoms with E-state index < -0.39 is 27.0 Å². The summed E-state index contributed by atoms with van der Waals surface area (Å²) in [4.78, 5) is 23.2. The monoisotopic (exact) mass is 352 g/mol. The number of fused-ring (bicyclic) bond motifs is 1. The highest BCUT2D eigenvalue weighted by Gasteiger charge is 2.20. The Kier molecular flexibility index (Phi) is 5.20. The molecule has 0 spiro atoms. The molecule has 0 aliphatic carbocycles. The molecule has 0 amide bonds. The predicted molar refractivity (Wildman–Crippen MR) is 85.7 cm³/mol. The summed E-state index contributed by atoms with van der Waals surface area (Å²) in [6, 6.07) is 6.66. The fourth-order valence-electron chi connectivity index (χ4n) is 2.21. The van der Waals surface area contributed by atoms with Crippen molar-refractivity contribution in [2.45, 2.75) is 18.7 Å². The van der Waals surface area contributed by atoms with E-state index in [0.717, 1.165) is 6.07 Å². The zero-order valence-corrected chi connectivity index (χ0v) is 13.9. The third kappa shape index (κ3) is 3.72. The lowest BCUT2D eigenvalue weighted by Crippen LogP contribution is -2.09. The lowest BCUT2D eigenvalue weighted by Gasteiger charge is -2.09. The number of hydrogen-bond donors (Lipinski definition) is 1. The van der Waals surface area contributed by atoms with E-state index >= 15 is 0 Å². The molecule has 0 heterocycles. The van der Waals surface area contributed by atoms with E-state index in [1.165, 1.54) is 24.3 Å². The van der Waals surface area contributed by atoms with Gasteiger partial charge in [0.2, 0.25) is 0 Å². The van der Waals surface area contributed by atoms with Crippen molar-refractivity contribution in [3.63, 3.8) is 0 Å². The zero-order chi connectivity index (χ0) is 17.9. The summed E-state index contributed by atoms with van der Waals surface area (Å²) < 4.78 is 42.5. The maximum Gasteiger partial charge on any atom is 0.338 e. The molecule has 7 nitrogen and oxygen atoms in total. The largest absolute Gasteiger partial charge is 0.462 e. The summed E-state index contributed by atoms with van der Waals surface area (Å²) >= 11 is 0. The van der Waals surface area contributed by atoms with Gasteiger partial charge in [0.1, 0.15) is 4.90 Å². The molecule has 0 bridgehead atoms. The smallest absolute Gasteiger partial charge is 0.338 e. The summed E-state index contributed by atoms with van der Waals surface area (Å²) in [6.45, 7) is 3.56. The van der Waals surface area contributed by atoms with Crippen molar-refractivity contribution in [1.82, 2.24) is 0 Å². The summed E-state index contributed by atoms with van der Waals surface area (Å²) in [5.41, 5.74) is 0.124. The maximum atomic E-state index is 11.9. The molecule has 0 unspecified atom stereocenters. The molecule has 2 aromatic carbocycles. The fraction of sp³-hybridized carbons (Fsp3) is 0.250. The molecule has 0 saturated heterocycles. The van der Waals surface area contributed by atoms with E-state index in [0.29, 0.717) is 5.39 Å². The van der Waals surface area contributed by atoms with Crippen LogP contribution in [0.2, 0.25) is 0 Å². The van der Waals surface area contributed by atoms with Gasteiger partial charge in [0, 0.05) is 5.39 Å². The number of hydrogen-bond acceptors (Lipinski definition) is 6. The van der Waals surface area contributed by atoms with Crippen molar-refractivity contribution >= 4 is 32.8 Å². The molecule has 0 aromatic heterocycles. The van der Waals surface area contributed by atoms with Gasteiger partial charge in [0.05, 0.1) is 24.3 Å². The Balaban J connectivity index is 2.70. The number of rotatable bonds is 5. The van der Waals surface area contributed by atoms with E-state index in [9.17, 15) is 22.6 Å².